The van der Waals surface area contributed by atoms with Gasteiger partial charge in [0.25, 0.3) is 5.69 Å². The highest BCUT2D eigenvalue weighted by Crippen LogP contribution is 2.41. The summed E-state index contributed by atoms with van der Waals surface area (Å²) in [6, 6.07) is 33.6. The highest BCUT2D eigenvalue weighted by molar-refractivity contribution is 7.13. The molecule has 117 heavy (non-hydrogen) atoms. The third kappa shape index (κ3) is 29.4. The number of carbonyl (C=O) groups is 4. The van der Waals surface area contributed by atoms with Crippen LogP contribution in [-0.2, 0) is 33.4 Å². The number of terminal acetylenes is 1. The van der Waals surface area contributed by atoms with Gasteiger partial charge in [0.05, 0.1) is 65.3 Å². The minimum absolute atomic E-state index is 0.0511. The van der Waals surface area contributed by atoms with E-state index in [1.165, 1.54) is 70.9 Å². The second kappa shape index (κ2) is 47.5. The molecule has 6 N–H and O–H groups in total. The van der Waals surface area contributed by atoms with E-state index in [4.69, 9.17) is 57.6 Å². The fourth-order valence-corrected chi connectivity index (χ4v) is 14.2. The lowest BCUT2D eigenvalue weighted by molar-refractivity contribution is -0.384. The molecular weight excluding hydrogens is 1530 g/mol. The molecule has 2 aliphatic carbocycles. The van der Waals surface area contributed by atoms with E-state index in [0.29, 0.717) is 127 Å². The number of allylic oxidation sites excluding steroid dienone is 2. The van der Waals surface area contributed by atoms with Gasteiger partial charge in [0.15, 0.2) is 11.6 Å². The SMILES string of the molecule is C#CCCCN(/C=C/N=NNc1ccc([N+](=O)[O-])cc1)c1cc(OCCCCCCOC(=O)C(=C)C)cc(C)c1/C=C/C(=O)Oc1c(F)cc(C2CCC(CCC)CC2)cc1F.C=CC(=O)OCCCOc1ccc(C#Cc2ccc(C3CCC(OC(=O)C=C)CC3=N)cc2Cl)cc1.Cc1csc(-c2ccc3c(c2)N/C(=C/C=C/N)N3)c1. The van der Waals surface area contributed by atoms with Crippen LogP contribution in [-0.4, -0.2) is 73.6 Å². The standard InChI is InChI=1S/C48H57F2N5O7.C29H28ClNO5.C15H15N3S/c1-6-8-11-26-54(27-25-51-53-52-39-19-21-40(22-20-39)55(58)59)45-33-41(60-28-12-9-10-13-29-61-48(57)34(3)4)30-35(5)42(45)23-24-46(56)62-47-43(49)31-38(32-44(47)50)37-17-15-36(14-7-2)16-18-37;1-3-28(32)35-17-5-16-34-23-12-7-20(8-13-23)6-9-21-10-11-22(18-26(21)30)25-15-14-24(19-27(25)31)36-29(33)4-2;1-10-7-14(19-9-10)11-4-5-12-13(8-11)18-15(17-12)3-2-6-16/h1,19-25,27,30-33,36-37H,3,7-18,26,28-29H2,2,4-5H3,(H,51,52);3-4,7-8,10-13,18,24-25,31H,1-2,5,14-17,19H2;2-9,17-18H,16H2,1H3/b24-23+,27-25+;;6-2+,15-3+. The number of ether oxygens (including phenoxy) is 6. The zero-order chi connectivity index (χ0) is 84.0. The van der Waals surface area contributed by atoms with Gasteiger partial charge >= 0.3 is 23.9 Å². The number of esters is 4. The highest BCUT2D eigenvalue weighted by atomic mass is 35.5. The number of fused-ring (bicyclic) bond motifs is 1. The van der Waals surface area contributed by atoms with Gasteiger partial charge in [-0.15, -0.1) is 28.8 Å². The molecule has 612 valence electrons. The Morgan fingerprint density at radius 1 is 0.803 bits per heavy atom. The smallest absolute Gasteiger partial charge is 0.336 e. The van der Waals surface area contributed by atoms with Gasteiger partial charge in [0.2, 0.25) is 5.75 Å². The maximum atomic E-state index is 15.3. The second-order valence-electron chi connectivity index (χ2n) is 28.0. The summed E-state index contributed by atoms with van der Waals surface area (Å²) in [4.78, 5) is 60.9. The molecule has 1 aromatic heterocycles. The number of aryl methyl sites for hydroxylation is 2. The van der Waals surface area contributed by atoms with Gasteiger partial charge in [-0.3, -0.25) is 15.5 Å². The second-order valence-corrected chi connectivity index (χ2v) is 29.3. The summed E-state index contributed by atoms with van der Waals surface area (Å²) in [6.45, 7) is 20.0. The number of nitrogens with two attached hydrogens (primary N) is 1. The van der Waals surface area contributed by atoms with Crippen LogP contribution in [0.15, 0.2) is 211 Å². The molecule has 1 aliphatic heterocycles. The summed E-state index contributed by atoms with van der Waals surface area (Å²) < 4.78 is 63.1. The van der Waals surface area contributed by atoms with E-state index < -0.39 is 46.2 Å². The molecule has 10 rings (SSSR count). The molecule has 0 radical (unpaired) electrons. The van der Waals surface area contributed by atoms with E-state index in [9.17, 15) is 29.3 Å². The first-order valence-corrected chi connectivity index (χ1v) is 40.1. The molecule has 6 aromatic carbocycles. The molecule has 2 saturated carbocycles. The van der Waals surface area contributed by atoms with Gasteiger partial charge in [-0.25, -0.2) is 28.0 Å². The molecule has 7 aromatic rings. The number of rotatable bonds is 35. The lowest BCUT2D eigenvalue weighted by Crippen LogP contribution is -2.29. The fourth-order valence-electron chi connectivity index (χ4n) is 13.1. The Balaban J connectivity index is 0.000000257. The third-order valence-electron chi connectivity index (χ3n) is 19.1. The van der Waals surface area contributed by atoms with Gasteiger partial charge in [-0.05, 0) is 246 Å². The lowest BCUT2D eigenvalue weighted by Gasteiger charge is -2.29. The van der Waals surface area contributed by atoms with E-state index in [-0.39, 0.29) is 30.2 Å². The van der Waals surface area contributed by atoms with E-state index in [2.05, 4.69) is 107 Å². The third-order valence-corrected chi connectivity index (χ3v) is 20.5. The van der Waals surface area contributed by atoms with Crippen molar-refractivity contribution in [3.05, 3.63) is 266 Å². The van der Waals surface area contributed by atoms with Crippen LogP contribution in [0.5, 0.6) is 17.2 Å². The summed E-state index contributed by atoms with van der Waals surface area (Å²) in [6.07, 6.45) is 31.2. The number of nitrogens with zero attached hydrogens (tertiary/aromatic N) is 4. The van der Waals surface area contributed by atoms with E-state index in [0.717, 1.165) is 116 Å². The molecule has 0 bridgehead atoms. The number of carbonyl (C=O) groups excluding carboxylic acids is 4. The molecule has 21 nitrogen and oxygen atoms in total. The molecular formula is C92H100ClF2N9O12S. The summed E-state index contributed by atoms with van der Waals surface area (Å²) >= 11 is 8.28. The van der Waals surface area contributed by atoms with Crippen molar-refractivity contribution in [2.75, 3.05) is 53.9 Å². The first-order valence-electron chi connectivity index (χ1n) is 38.9. The zero-order valence-electron chi connectivity index (χ0n) is 66.4. The van der Waals surface area contributed by atoms with Crippen LogP contribution < -0.4 is 40.9 Å². The molecule has 2 atom stereocenters. The van der Waals surface area contributed by atoms with Gasteiger partial charge in [0, 0.05) is 107 Å². The number of hydrogen-bond donors (Lipinski definition) is 5. The summed E-state index contributed by atoms with van der Waals surface area (Å²) in [5.41, 5.74) is 19.1. The first kappa shape index (κ1) is 90.2. The largest absolute Gasteiger partial charge is 0.494 e. The van der Waals surface area contributed by atoms with Gasteiger partial charge < -0.3 is 55.1 Å². The number of unbranched alkanes of at least 4 members (excludes halogenated alkanes) is 4. The average molecular weight is 1630 g/mol. The maximum absolute atomic E-state index is 15.3. The molecule has 0 saturated heterocycles. The van der Waals surface area contributed by atoms with Gasteiger partial charge in [0.1, 0.15) is 23.4 Å². The predicted octanol–water partition coefficient (Wildman–Crippen LogP) is 21.6. The number of hydrogen-bond acceptors (Lipinski definition) is 20. The van der Waals surface area contributed by atoms with Crippen LogP contribution in [0.2, 0.25) is 5.02 Å². The van der Waals surface area contributed by atoms with E-state index in [1.807, 2.05) is 72.5 Å². The number of benzene rings is 6. The van der Waals surface area contributed by atoms with Crippen LogP contribution in [0.1, 0.15) is 167 Å². The van der Waals surface area contributed by atoms with Crippen molar-refractivity contribution in [1.82, 2.24) is 0 Å². The number of thiophene rings is 1. The Labute approximate surface area is 692 Å². The predicted molar refractivity (Wildman–Crippen MR) is 460 cm³/mol. The molecule has 25 heteroatoms. The Bertz CT molecular complexity index is 4870. The summed E-state index contributed by atoms with van der Waals surface area (Å²) in [5, 5.41) is 36.8. The van der Waals surface area contributed by atoms with Crippen molar-refractivity contribution in [2.24, 2.45) is 22.0 Å². The number of nitro groups is 1. The number of non-ortho nitro benzene ring substituents is 1. The van der Waals surface area contributed by atoms with Crippen molar-refractivity contribution in [1.29, 1.82) is 5.41 Å². The molecule has 3 aliphatic rings. The van der Waals surface area contributed by atoms with Gasteiger partial charge in [-0.2, -0.15) is 0 Å². The van der Waals surface area contributed by atoms with Crippen LogP contribution in [0.25, 0.3) is 16.5 Å². The molecule has 2 fully saturated rings. The van der Waals surface area contributed by atoms with E-state index >= 15 is 8.78 Å². The maximum Gasteiger partial charge on any atom is 0.336 e. The van der Waals surface area contributed by atoms with Crippen molar-refractivity contribution in [2.45, 2.75) is 148 Å². The van der Waals surface area contributed by atoms with E-state index in [1.54, 1.807) is 30.5 Å². The topological polar surface area (TPSA) is 281 Å². The molecule has 2 heterocycles. The zero-order valence-corrected chi connectivity index (χ0v) is 68.0. The molecule has 0 amide bonds. The number of nitro benzene ring substituents is 1. The lowest BCUT2D eigenvalue weighted by atomic mass is 9.77. The van der Waals surface area contributed by atoms with Crippen molar-refractivity contribution >= 4 is 87.0 Å². The Morgan fingerprint density at radius 2 is 1.51 bits per heavy atom. The highest BCUT2D eigenvalue weighted by Gasteiger charge is 2.30. The minimum atomic E-state index is -0.962. The van der Waals surface area contributed by atoms with Gasteiger partial charge in [-0.1, -0.05) is 80.3 Å². The fraction of sp³-hybridized carbons (Fsp3) is 0.315. The van der Waals surface area contributed by atoms with Crippen LogP contribution >= 0.6 is 22.9 Å². The van der Waals surface area contributed by atoms with Crippen molar-refractivity contribution in [3.63, 3.8) is 0 Å². The summed E-state index contributed by atoms with van der Waals surface area (Å²) in [5.74, 6) is 6.85. The first-order chi connectivity index (χ1) is 56.5. The molecule has 2 unspecified atom stereocenters. The Hall–Kier alpha value is -12.4. The van der Waals surface area contributed by atoms with Crippen LogP contribution in [0.4, 0.5) is 37.2 Å². The monoisotopic (exact) mass is 1630 g/mol. The Kier molecular flexibility index (Phi) is 36.6. The van der Waals surface area contributed by atoms with Crippen LogP contribution in [0.3, 0.4) is 0 Å². The number of anilines is 4. The minimum Gasteiger partial charge on any atom is -0.494 e. The van der Waals surface area contributed by atoms with Crippen molar-refractivity contribution in [3.8, 4) is 51.9 Å². The number of nitrogens with one attached hydrogen (secondary N) is 4. The quantitative estimate of drug-likeness (QED) is 0.00284. The summed E-state index contributed by atoms with van der Waals surface area (Å²) in [7, 11) is 0. The van der Waals surface area contributed by atoms with Crippen LogP contribution in [0, 0.1) is 71.1 Å². The number of halogens is 3. The van der Waals surface area contributed by atoms with Crippen molar-refractivity contribution < 1.29 is 61.3 Å². The average Bonchev–Trinajstić information content (AvgIpc) is 1.76. The Morgan fingerprint density at radius 3 is 2.18 bits per heavy atom. The molecule has 0 spiro atoms. The normalized spacial score (nSPS) is 15.7.